The van der Waals surface area contributed by atoms with Crippen molar-refractivity contribution in [3.05, 3.63) is 0 Å². The van der Waals surface area contributed by atoms with E-state index in [4.69, 9.17) is 4.74 Å². The second-order valence-corrected chi connectivity index (χ2v) is 4.93. The van der Waals surface area contributed by atoms with Gasteiger partial charge in [-0.25, -0.2) is 0 Å². The zero-order valence-electron chi connectivity index (χ0n) is 11.5. The first kappa shape index (κ1) is 14.0. The number of nitrogens with one attached hydrogen (secondary N) is 1. The minimum atomic E-state index is 0.490. The summed E-state index contributed by atoms with van der Waals surface area (Å²) in [5.41, 5.74) is 0. The van der Waals surface area contributed by atoms with Gasteiger partial charge in [-0.3, -0.25) is 0 Å². The van der Waals surface area contributed by atoms with Gasteiger partial charge < -0.3 is 10.1 Å². The summed E-state index contributed by atoms with van der Waals surface area (Å²) in [6, 6.07) is 0.660. The Morgan fingerprint density at radius 2 is 1.88 bits per heavy atom. The molecule has 0 amide bonds. The van der Waals surface area contributed by atoms with Gasteiger partial charge in [0.2, 0.25) is 0 Å². The van der Waals surface area contributed by atoms with Gasteiger partial charge in [-0.1, -0.05) is 40.5 Å². The summed E-state index contributed by atoms with van der Waals surface area (Å²) in [6.07, 6.45) is 5.45. The van der Waals surface area contributed by atoms with Crippen LogP contribution in [0.25, 0.3) is 0 Å². The monoisotopic (exact) mass is 227 g/mol. The highest BCUT2D eigenvalue weighted by molar-refractivity contribution is 4.89. The van der Waals surface area contributed by atoms with Crippen LogP contribution in [-0.4, -0.2) is 25.3 Å². The van der Waals surface area contributed by atoms with Crippen molar-refractivity contribution in [2.45, 2.75) is 65.5 Å². The SMILES string of the molecule is CCNC(C(CC)CC)C1CCOC1CC. The molecule has 1 aliphatic heterocycles. The Hall–Kier alpha value is -0.0800. The second-order valence-electron chi connectivity index (χ2n) is 4.93. The lowest BCUT2D eigenvalue weighted by Crippen LogP contribution is -2.44. The van der Waals surface area contributed by atoms with Crippen LogP contribution in [0.4, 0.5) is 0 Å². The molecule has 0 radical (unpaired) electrons. The van der Waals surface area contributed by atoms with Gasteiger partial charge in [0.1, 0.15) is 0 Å². The van der Waals surface area contributed by atoms with E-state index in [1.807, 2.05) is 0 Å². The molecule has 0 bridgehead atoms. The number of hydrogen-bond acceptors (Lipinski definition) is 2. The first-order chi connectivity index (χ1) is 7.78. The molecule has 2 nitrogen and oxygen atoms in total. The van der Waals surface area contributed by atoms with Gasteiger partial charge in [-0.2, -0.15) is 0 Å². The van der Waals surface area contributed by atoms with E-state index < -0.39 is 0 Å². The van der Waals surface area contributed by atoms with Crippen molar-refractivity contribution < 1.29 is 4.74 Å². The third kappa shape index (κ3) is 3.21. The van der Waals surface area contributed by atoms with Crippen LogP contribution in [0.3, 0.4) is 0 Å². The lowest BCUT2D eigenvalue weighted by atomic mass is 9.80. The maximum Gasteiger partial charge on any atom is 0.0616 e. The molecule has 3 atom stereocenters. The molecule has 3 unspecified atom stereocenters. The van der Waals surface area contributed by atoms with Gasteiger partial charge in [-0.15, -0.1) is 0 Å². The topological polar surface area (TPSA) is 21.3 Å². The summed E-state index contributed by atoms with van der Waals surface area (Å²) in [5.74, 6) is 1.54. The lowest BCUT2D eigenvalue weighted by Gasteiger charge is -2.33. The predicted molar refractivity (Wildman–Crippen MR) is 69.7 cm³/mol. The molecule has 2 heteroatoms. The fourth-order valence-corrected chi connectivity index (χ4v) is 3.20. The van der Waals surface area contributed by atoms with Crippen LogP contribution in [0.15, 0.2) is 0 Å². The molecule has 0 aromatic carbocycles. The third-order valence-electron chi connectivity index (χ3n) is 4.12. The standard InChI is InChI=1S/C14H29NO/c1-5-11(6-2)14(15-8-4)12-9-10-16-13(12)7-3/h11-15H,5-10H2,1-4H3. The minimum Gasteiger partial charge on any atom is -0.378 e. The maximum atomic E-state index is 5.84. The molecule has 0 saturated carbocycles. The minimum absolute atomic E-state index is 0.490. The predicted octanol–water partition coefficient (Wildman–Crippen LogP) is 3.22. The molecule has 1 heterocycles. The molecule has 1 aliphatic rings. The van der Waals surface area contributed by atoms with E-state index in [0.717, 1.165) is 31.4 Å². The summed E-state index contributed by atoms with van der Waals surface area (Å²) in [5, 5.41) is 3.71. The Kier molecular flexibility index (Phi) is 6.37. The summed E-state index contributed by atoms with van der Waals surface area (Å²) < 4.78 is 5.84. The van der Waals surface area contributed by atoms with Crippen LogP contribution in [0.1, 0.15) is 53.4 Å². The molecule has 0 aliphatic carbocycles. The van der Waals surface area contributed by atoms with E-state index in [1.54, 1.807) is 0 Å². The van der Waals surface area contributed by atoms with Crippen LogP contribution < -0.4 is 5.32 Å². The maximum absolute atomic E-state index is 5.84. The molecule has 0 aromatic rings. The zero-order chi connectivity index (χ0) is 12.0. The van der Waals surface area contributed by atoms with Crippen molar-refractivity contribution in [1.29, 1.82) is 0 Å². The van der Waals surface area contributed by atoms with E-state index in [0.29, 0.717) is 12.1 Å². The normalized spacial score (nSPS) is 27.6. The molecule has 0 spiro atoms. The van der Waals surface area contributed by atoms with Crippen molar-refractivity contribution in [1.82, 2.24) is 5.32 Å². The summed E-state index contributed by atoms with van der Waals surface area (Å²) >= 11 is 0. The molecule has 96 valence electrons. The van der Waals surface area contributed by atoms with Gasteiger partial charge in [-0.05, 0) is 25.3 Å². The number of ether oxygens (including phenoxy) is 1. The lowest BCUT2D eigenvalue weighted by molar-refractivity contribution is 0.0684. The first-order valence-corrected chi connectivity index (χ1v) is 7.13. The van der Waals surface area contributed by atoms with Gasteiger partial charge >= 0.3 is 0 Å². The summed E-state index contributed by atoms with van der Waals surface area (Å²) in [6.45, 7) is 11.1. The van der Waals surface area contributed by atoms with Crippen LogP contribution in [-0.2, 0) is 4.74 Å². The largest absolute Gasteiger partial charge is 0.378 e. The Balaban J connectivity index is 2.67. The van der Waals surface area contributed by atoms with Crippen molar-refractivity contribution in [2.24, 2.45) is 11.8 Å². The quantitative estimate of drug-likeness (QED) is 0.721. The number of rotatable bonds is 7. The molecule has 1 N–H and O–H groups in total. The van der Waals surface area contributed by atoms with Crippen molar-refractivity contribution in [3.8, 4) is 0 Å². The smallest absolute Gasteiger partial charge is 0.0616 e. The highest BCUT2D eigenvalue weighted by atomic mass is 16.5. The average Bonchev–Trinajstić information content (AvgIpc) is 2.77. The van der Waals surface area contributed by atoms with Crippen LogP contribution in [0, 0.1) is 11.8 Å². The Morgan fingerprint density at radius 1 is 1.19 bits per heavy atom. The second kappa shape index (κ2) is 7.29. The number of hydrogen-bond donors (Lipinski definition) is 1. The highest BCUT2D eigenvalue weighted by Crippen LogP contribution is 2.32. The first-order valence-electron chi connectivity index (χ1n) is 7.13. The zero-order valence-corrected chi connectivity index (χ0v) is 11.5. The summed E-state index contributed by atoms with van der Waals surface area (Å²) in [7, 11) is 0. The van der Waals surface area contributed by atoms with E-state index >= 15 is 0 Å². The van der Waals surface area contributed by atoms with Gasteiger partial charge in [0.25, 0.3) is 0 Å². The van der Waals surface area contributed by atoms with Gasteiger partial charge in [0, 0.05) is 18.6 Å². The molecule has 0 aromatic heterocycles. The fourth-order valence-electron chi connectivity index (χ4n) is 3.20. The molecule has 1 saturated heterocycles. The van der Waals surface area contributed by atoms with Crippen molar-refractivity contribution in [3.63, 3.8) is 0 Å². The fraction of sp³-hybridized carbons (Fsp3) is 1.00. The van der Waals surface area contributed by atoms with Crippen LogP contribution >= 0.6 is 0 Å². The molecule has 16 heavy (non-hydrogen) atoms. The van der Waals surface area contributed by atoms with E-state index in [1.165, 1.54) is 19.3 Å². The Bertz CT molecular complexity index is 180. The van der Waals surface area contributed by atoms with Crippen LogP contribution in [0.5, 0.6) is 0 Å². The van der Waals surface area contributed by atoms with E-state index in [-0.39, 0.29) is 0 Å². The average molecular weight is 227 g/mol. The molecular weight excluding hydrogens is 198 g/mol. The highest BCUT2D eigenvalue weighted by Gasteiger charge is 2.36. The van der Waals surface area contributed by atoms with Crippen molar-refractivity contribution in [2.75, 3.05) is 13.2 Å². The van der Waals surface area contributed by atoms with Crippen molar-refractivity contribution >= 4 is 0 Å². The molecular formula is C14H29NO. The van der Waals surface area contributed by atoms with Crippen LogP contribution in [0.2, 0.25) is 0 Å². The third-order valence-corrected chi connectivity index (χ3v) is 4.12. The van der Waals surface area contributed by atoms with E-state index in [2.05, 4.69) is 33.0 Å². The van der Waals surface area contributed by atoms with Gasteiger partial charge in [0.15, 0.2) is 0 Å². The molecule has 1 fully saturated rings. The summed E-state index contributed by atoms with van der Waals surface area (Å²) in [4.78, 5) is 0. The molecule has 1 rings (SSSR count). The van der Waals surface area contributed by atoms with Gasteiger partial charge in [0.05, 0.1) is 6.10 Å². The van der Waals surface area contributed by atoms with E-state index in [9.17, 15) is 0 Å². The Morgan fingerprint density at radius 3 is 2.38 bits per heavy atom. The Labute approximate surface area is 101 Å².